The lowest BCUT2D eigenvalue weighted by molar-refractivity contribution is 0.589. The minimum atomic E-state index is -3.95. The van der Waals surface area contributed by atoms with Crippen LogP contribution in [0.3, 0.4) is 0 Å². The third-order valence-corrected chi connectivity index (χ3v) is 5.35. The van der Waals surface area contributed by atoms with Crippen molar-refractivity contribution in [3.63, 3.8) is 0 Å². The van der Waals surface area contributed by atoms with Crippen LogP contribution in [0.2, 0.25) is 5.02 Å². The molecule has 2 N–H and O–H groups in total. The van der Waals surface area contributed by atoms with Crippen molar-refractivity contribution < 1.29 is 12.8 Å². The van der Waals surface area contributed by atoms with Gasteiger partial charge in [0.15, 0.2) is 0 Å². The Labute approximate surface area is 128 Å². The zero-order valence-corrected chi connectivity index (χ0v) is 13.0. The predicted octanol–water partition coefficient (Wildman–Crippen LogP) is 3.19. The van der Waals surface area contributed by atoms with Gasteiger partial charge in [-0.3, -0.25) is 4.31 Å². The summed E-state index contributed by atoms with van der Waals surface area (Å²) >= 11 is 5.97. The summed E-state index contributed by atoms with van der Waals surface area (Å²) < 4.78 is 39.7. The Hall–Kier alpha value is -1.79. The van der Waals surface area contributed by atoms with E-state index in [1.54, 1.807) is 13.0 Å². The van der Waals surface area contributed by atoms with Crippen molar-refractivity contribution in [3.8, 4) is 0 Å². The topological polar surface area (TPSA) is 63.4 Å². The van der Waals surface area contributed by atoms with Gasteiger partial charge in [-0.15, -0.1) is 0 Å². The van der Waals surface area contributed by atoms with Gasteiger partial charge in [-0.2, -0.15) is 0 Å². The molecular formula is C14H14ClFN2O2S. The molecule has 0 atom stereocenters. The van der Waals surface area contributed by atoms with E-state index in [2.05, 4.69) is 0 Å². The quantitative estimate of drug-likeness (QED) is 0.880. The summed E-state index contributed by atoms with van der Waals surface area (Å²) in [6, 6.07) is 8.23. The second kappa shape index (κ2) is 5.54. The molecule has 21 heavy (non-hydrogen) atoms. The van der Waals surface area contributed by atoms with Crippen LogP contribution in [-0.2, 0) is 10.0 Å². The molecule has 2 rings (SSSR count). The minimum Gasteiger partial charge on any atom is -0.398 e. The van der Waals surface area contributed by atoms with E-state index in [4.69, 9.17) is 17.3 Å². The summed E-state index contributed by atoms with van der Waals surface area (Å²) in [6.07, 6.45) is 0. The van der Waals surface area contributed by atoms with E-state index in [-0.39, 0.29) is 21.3 Å². The lowest BCUT2D eigenvalue weighted by atomic mass is 10.2. The van der Waals surface area contributed by atoms with Crippen LogP contribution in [0.5, 0.6) is 0 Å². The lowest BCUT2D eigenvalue weighted by Crippen LogP contribution is -2.27. The van der Waals surface area contributed by atoms with Crippen molar-refractivity contribution in [2.75, 3.05) is 17.1 Å². The SMILES string of the molecule is Cc1c(N)cc(S(=O)(=O)N(C)c2ccccc2F)cc1Cl. The second-order valence-electron chi connectivity index (χ2n) is 4.54. The second-order valence-corrected chi connectivity index (χ2v) is 6.92. The van der Waals surface area contributed by atoms with Gasteiger partial charge < -0.3 is 5.73 Å². The van der Waals surface area contributed by atoms with E-state index < -0.39 is 15.8 Å². The zero-order chi connectivity index (χ0) is 15.8. The lowest BCUT2D eigenvalue weighted by Gasteiger charge is -2.20. The molecular weight excluding hydrogens is 315 g/mol. The van der Waals surface area contributed by atoms with Crippen molar-refractivity contribution in [3.05, 3.63) is 52.8 Å². The van der Waals surface area contributed by atoms with Crippen LogP contribution in [0, 0.1) is 12.7 Å². The number of hydrogen-bond donors (Lipinski definition) is 1. The Kier molecular flexibility index (Phi) is 4.11. The van der Waals surface area contributed by atoms with Crippen LogP contribution in [0.25, 0.3) is 0 Å². The Morgan fingerprint density at radius 2 is 1.86 bits per heavy atom. The van der Waals surface area contributed by atoms with Crippen LogP contribution >= 0.6 is 11.6 Å². The average Bonchev–Trinajstić information content (AvgIpc) is 2.44. The Bertz CT molecular complexity index is 770. The first-order chi connectivity index (χ1) is 9.75. The molecule has 0 aliphatic heterocycles. The zero-order valence-electron chi connectivity index (χ0n) is 11.5. The molecule has 2 aromatic rings. The maximum atomic E-state index is 13.8. The van der Waals surface area contributed by atoms with Gasteiger partial charge in [0.05, 0.1) is 10.6 Å². The first-order valence-corrected chi connectivity index (χ1v) is 7.86. The number of anilines is 2. The van der Waals surface area contributed by atoms with Crippen LogP contribution in [0.15, 0.2) is 41.3 Å². The van der Waals surface area contributed by atoms with E-state index >= 15 is 0 Å². The summed E-state index contributed by atoms with van der Waals surface area (Å²) in [6.45, 7) is 1.69. The average molecular weight is 329 g/mol. The number of nitrogens with two attached hydrogens (primary N) is 1. The molecule has 4 nitrogen and oxygen atoms in total. The molecule has 0 spiro atoms. The third-order valence-electron chi connectivity index (χ3n) is 3.21. The van der Waals surface area contributed by atoms with Crippen LogP contribution in [-0.4, -0.2) is 15.5 Å². The summed E-state index contributed by atoms with van der Waals surface area (Å²) in [5.74, 6) is -0.630. The van der Waals surface area contributed by atoms with Gasteiger partial charge >= 0.3 is 0 Å². The van der Waals surface area contributed by atoms with Gasteiger partial charge in [-0.05, 0) is 36.8 Å². The molecule has 0 saturated carbocycles. The Morgan fingerprint density at radius 1 is 1.24 bits per heavy atom. The molecule has 0 radical (unpaired) electrons. The summed E-state index contributed by atoms with van der Waals surface area (Å²) in [7, 11) is -2.67. The van der Waals surface area contributed by atoms with Crippen molar-refractivity contribution in [1.82, 2.24) is 0 Å². The summed E-state index contributed by atoms with van der Waals surface area (Å²) in [5.41, 5.74) is 6.56. The van der Waals surface area contributed by atoms with E-state index in [1.165, 1.54) is 37.4 Å². The van der Waals surface area contributed by atoms with Gasteiger partial charge in [0.1, 0.15) is 5.82 Å². The number of para-hydroxylation sites is 1. The van der Waals surface area contributed by atoms with Crippen LogP contribution in [0.4, 0.5) is 15.8 Å². The highest BCUT2D eigenvalue weighted by atomic mass is 35.5. The Morgan fingerprint density at radius 3 is 2.43 bits per heavy atom. The van der Waals surface area contributed by atoms with Gasteiger partial charge in [0.2, 0.25) is 0 Å². The van der Waals surface area contributed by atoms with E-state index in [1.807, 2.05) is 0 Å². The van der Waals surface area contributed by atoms with Crippen LogP contribution in [0.1, 0.15) is 5.56 Å². The van der Waals surface area contributed by atoms with Gasteiger partial charge in [0.25, 0.3) is 10.0 Å². The fraction of sp³-hybridized carbons (Fsp3) is 0.143. The minimum absolute atomic E-state index is 0.0484. The van der Waals surface area contributed by atoms with Gasteiger partial charge in [0, 0.05) is 17.8 Å². The van der Waals surface area contributed by atoms with Crippen molar-refractivity contribution in [1.29, 1.82) is 0 Å². The number of rotatable bonds is 3. The Balaban J connectivity index is 2.55. The number of hydrogen-bond acceptors (Lipinski definition) is 3. The molecule has 0 amide bonds. The summed E-state index contributed by atoms with van der Waals surface area (Å²) in [5, 5.41) is 0.246. The van der Waals surface area contributed by atoms with Gasteiger partial charge in [-0.25, -0.2) is 12.8 Å². The highest BCUT2D eigenvalue weighted by molar-refractivity contribution is 7.92. The molecule has 0 bridgehead atoms. The van der Waals surface area contributed by atoms with Crippen LogP contribution < -0.4 is 10.0 Å². The number of nitrogens with zero attached hydrogens (tertiary/aromatic N) is 1. The monoisotopic (exact) mass is 328 g/mol. The normalized spacial score (nSPS) is 11.4. The molecule has 0 aliphatic carbocycles. The van der Waals surface area contributed by atoms with E-state index in [9.17, 15) is 12.8 Å². The molecule has 0 aliphatic rings. The fourth-order valence-electron chi connectivity index (χ4n) is 1.82. The number of benzene rings is 2. The third kappa shape index (κ3) is 2.82. The first kappa shape index (κ1) is 15.6. The maximum Gasteiger partial charge on any atom is 0.264 e. The molecule has 0 aromatic heterocycles. The van der Waals surface area contributed by atoms with E-state index in [0.29, 0.717) is 5.56 Å². The molecule has 112 valence electrons. The van der Waals surface area contributed by atoms with Crippen molar-refractivity contribution >= 4 is 33.0 Å². The number of nitrogen functional groups attached to an aromatic ring is 1. The molecule has 0 unspecified atom stereocenters. The molecule has 2 aromatic carbocycles. The van der Waals surface area contributed by atoms with Crippen molar-refractivity contribution in [2.45, 2.75) is 11.8 Å². The smallest absolute Gasteiger partial charge is 0.264 e. The standard InChI is InChI=1S/C14H14ClFN2O2S/c1-9-11(15)7-10(8-13(9)17)21(19,20)18(2)14-6-4-3-5-12(14)16/h3-8H,17H2,1-2H3. The summed E-state index contributed by atoms with van der Waals surface area (Å²) in [4.78, 5) is -0.0821. The highest BCUT2D eigenvalue weighted by Crippen LogP contribution is 2.30. The molecule has 0 heterocycles. The largest absolute Gasteiger partial charge is 0.398 e. The molecule has 0 fully saturated rings. The fourth-order valence-corrected chi connectivity index (χ4v) is 3.38. The van der Waals surface area contributed by atoms with E-state index in [0.717, 1.165) is 4.31 Å². The van der Waals surface area contributed by atoms with Crippen molar-refractivity contribution in [2.24, 2.45) is 0 Å². The predicted molar refractivity (Wildman–Crippen MR) is 82.6 cm³/mol. The number of halogens is 2. The first-order valence-electron chi connectivity index (χ1n) is 6.04. The molecule has 0 saturated heterocycles. The molecule has 7 heteroatoms. The highest BCUT2D eigenvalue weighted by Gasteiger charge is 2.24. The van der Waals surface area contributed by atoms with Gasteiger partial charge in [-0.1, -0.05) is 23.7 Å². The maximum absolute atomic E-state index is 13.8. The number of sulfonamides is 1.